The van der Waals surface area contributed by atoms with Crippen LogP contribution in [-0.4, -0.2) is 18.0 Å². The van der Waals surface area contributed by atoms with E-state index in [1.807, 2.05) is 0 Å². The first kappa shape index (κ1) is 8.10. The van der Waals surface area contributed by atoms with Gasteiger partial charge >= 0.3 is 0 Å². The van der Waals surface area contributed by atoms with Gasteiger partial charge in [0.25, 0.3) is 0 Å². The van der Waals surface area contributed by atoms with Crippen molar-refractivity contribution in [2.45, 2.75) is 12.8 Å². The van der Waals surface area contributed by atoms with Gasteiger partial charge in [-0.05, 0) is 24.5 Å². The smallest absolute Gasteiger partial charge is 0.0422 e. The van der Waals surface area contributed by atoms with E-state index in [1.54, 1.807) is 0 Å². The highest BCUT2D eigenvalue weighted by molar-refractivity contribution is 5.47. The number of allylic oxidation sites excluding steroid dienone is 6. The van der Waals surface area contributed by atoms with Crippen LogP contribution in [0.25, 0.3) is 0 Å². The fourth-order valence-corrected chi connectivity index (χ4v) is 2.55. The van der Waals surface area contributed by atoms with Crippen molar-refractivity contribution in [3.63, 3.8) is 0 Å². The number of rotatable bonds is 1. The predicted octanol–water partition coefficient (Wildman–Crippen LogP) is 2.65. The van der Waals surface area contributed by atoms with Crippen molar-refractivity contribution in [1.82, 2.24) is 4.90 Å². The number of hydrogen-bond donors (Lipinski definition) is 0. The summed E-state index contributed by atoms with van der Waals surface area (Å²) >= 11 is 0. The summed E-state index contributed by atoms with van der Waals surface area (Å²) in [6, 6.07) is 0. The molecule has 0 amide bonds. The van der Waals surface area contributed by atoms with Crippen molar-refractivity contribution in [2.24, 2.45) is 5.92 Å². The monoisotopic (exact) mass is 185 g/mol. The van der Waals surface area contributed by atoms with E-state index in [-0.39, 0.29) is 0 Å². The lowest BCUT2D eigenvalue weighted by molar-refractivity contribution is 0.401. The first-order valence-corrected chi connectivity index (χ1v) is 5.47. The molecule has 0 aromatic carbocycles. The lowest BCUT2D eigenvalue weighted by atomic mass is 9.95. The zero-order chi connectivity index (χ0) is 9.38. The lowest BCUT2D eigenvalue weighted by Crippen LogP contribution is -2.22. The summed E-state index contributed by atoms with van der Waals surface area (Å²) in [5.74, 6) is 0.554. The fourth-order valence-electron chi connectivity index (χ4n) is 2.55. The molecule has 0 N–H and O–H groups in total. The number of fused-ring (bicyclic) bond motifs is 1. The van der Waals surface area contributed by atoms with Gasteiger partial charge in [0.15, 0.2) is 0 Å². The summed E-state index contributed by atoms with van der Waals surface area (Å²) in [6.45, 7) is 2.50. The summed E-state index contributed by atoms with van der Waals surface area (Å²) in [7, 11) is 0. The van der Waals surface area contributed by atoms with Crippen LogP contribution in [0.4, 0.5) is 0 Å². The zero-order valence-corrected chi connectivity index (χ0v) is 8.32. The molecule has 1 heteroatoms. The van der Waals surface area contributed by atoms with Crippen molar-refractivity contribution >= 4 is 0 Å². The first-order valence-electron chi connectivity index (χ1n) is 5.47. The van der Waals surface area contributed by atoms with Gasteiger partial charge in [-0.3, -0.25) is 0 Å². The van der Waals surface area contributed by atoms with Crippen LogP contribution in [0.2, 0.25) is 0 Å². The second-order valence-electron chi connectivity index (χ2n) is 4.17. The summed E-state index contributed by atoms with van der Waals surface area (Å²) in [6.07, 6.45) is 16.1. The molecule has 1 aliphatic heterocycles. The SMILES string of the molecule is C1=CC2=CC=C(N3CCCC3)C2C=C1. The molecule has 1 unspecified atom stereocenters. The van der Waals surface area contributed by atoms with Crippen LogP contribution in [-0.2, 0) is 0 Å². The molecule has 3 rings (SSSR count). The molecular weight excluding hydrogens is 170 g/mol. The number of hydrogen-bond acceptors (Lipinski definition) is 1. The summed E-state index contributed by atoms with van der Waals surface area (Å²) in [5, 5.41) is 0. The Morgan fingerprint density at radius 1 is 1.07 bits per heavy atom. The van der Waals surface area contributed by atoms with Crippen LogP contribution in [0, 0.1) is 5.92 Å². The largest absolute Gasteiger partial charge is 0.374 e. The third-order valence-corrected chi connectivity index (χ3v) is 3.30. The van der Waals surface area contributed by atoms with E-state index in [2.05, 4.69) is 41.4 Å². The van der Waals surface area contributed by atoms with Crippen molar-refractivity contribution in [3.05, 3.63) is 47.7 Å². The molecule has 1 atom stereocenters. The zero-order valence-electron chi connectivity index (χ0n) is 8.32. The van der Waals surface area contributed by atoms with E-state index in [9.17, 15) is 0 Å². The molecule has 14 heavy (non-hydrogen) atoms. The predicted molar refractivity (Wildman–Crippen MR) is 58.7 cm³/mol. The molecule has 0 bridgehead atoms. The molecule has 1 heterocycles. The van der Waals surface area contributed by atoms with Gasteiger partial charge in [0, 0.05) is 24.7 Å². The Balaban J connectivity index is 1.84. The van der Waals surface area contributed by atoms with E-state index in [4.69, 9.17) is 0 Å². The van der Waals surface area contributed by atoms with Crippen LogP contribution in [0.5, 0.6) is 0 Å². The van der Waals surface area contributed by atoms with Crippen LogP contribution in [0.3, 0.4) is 0 Å². The molecular formula is C13H15N. The summed E-state index contributed by atoms with van der Waals surface area (Å²) < 4.78 is 0. The third kappa shape index (κ3) is 1.16. The van der Waals surface area contributed by atoms with Gasteiger partial charge in [0.1, 0.15) is 0 Å². The van der Waals surface area contributed by atoms with Crippen LogP contribution in [0.1, 0.15) is 12.8 Å². The Hall–Kier alpha value is -1.24. The Bertz CT molecular complexity index is 351. The van der Waals surface area contributed by atoms with E-state index < -0.39 is 0 Å². The maximum absolute atomic E-state index is 2.54. The average Bonchev–Trinajstić information content (AvgIpc) is 2.85. The van der Waals surface area contributed by atoms with Gasteiger partial charge in [0.05, 0.1) is 0 Å². The maximum atomic E-state index is 2.54. The molecule has 1 saturated heterocycles. The normalized spacial score (nSPS) is 29.1. The molecule has 0 radical (unpaired) electrons. The maximum Gasteiger partial charge on any atom is 0.0422 e. The van der Waals surface area contributed by atoms with Gasteiger partial charge in [0.2, 0.25) is 0 Å². The Morgan fingerprint density at radius 2 is 1.93 bits per heavy atom. The van der Waals surface area contributed by atoms with Gasteiger partial charge in [-0.2, -0.15) is 0 Å². The van der Waals surface area contributed by atoms with E-state index in [0.717, 1.165) is 0 Å². The summed E-state index contributed by atoms with van der Waals surface area (Å²) in [4.78, 5) is 2.54. The van der Waals surface area contributed by atoms with Crippen LogP contribution < -0.4 is 0 Å². The highest BCUT2D eigenvalue weighted by atomic mass is 15.2. The molecule has 0 aromatic heterocycles. The van der Waals surface area contributed by atoms with E-state index >= 15 is 0 Å². The second-order valence-corrected chi connectivity index (χ2v) is 4.17. The fraction of sp³-hybridized carbons (Fsp3) is 0.385. The Labute approximate surface area is 85.1 Å². The molecule has 0 saturated carbocycles. The molecule has 3 aliphatic rings. The minimum Gasteiger partial charge on any atom is -0.374 e. The van der Waals surface area contributed by atoms with Crippen molar-refractivity contribution in [3.8, 4) is 0 Å². The molecule has 72 valence electrons. The van der Waals surface area contributed by atoms with Gasteiger partial charge < -0.3 is 4.90 Å². The van der Waals surface area contributed by atoms with E-state index in [0.29, 0.717) is 5.92 Å². The Morgan fingerprint density at radius 3 is 2.79 bits per heavy atom. The van der Waals surface area contributed by atoms with Crippen molar-refractivity contribution < 1.29 is 0 Å². The number of nitrogens with zero attached hydrogens (tertiary/aromatic N) is 1. The third-order valence-electron chi connectivity index (χ3n) is 3.30. The first-order chi connectivity index (χ1) is 6.95. The van der Waals surface area contributed by atoms with Crippen molar-refractivity contribution in [2.75, 3.05) is 13.1 Å². The highest BCUT2D eigenvalue weighted by Crippen LogP contribution is 2.34. The topological polar surface area (TPSA) is 3.24 Å². The van der Waals surface area contributed by atoms with E-state index in [1.165, 1.54) is 37.2 Å². The highest BCUT2D eigenvalue weighted by Gasteiger charge is 2.26. The molecule has 1 fully saturated rings. The molecule has 2 aliphatic carbocycles. The van der Waals surface area contributed by atoms with Gasteiger partial charge in [-0.15, -0.1) is 0 Å². The Kier molecular flexibility index (Phi) is 1.83. The average molecular weight is 185 g/mol. The number of likely N-dealkylation sites (tertiary alicyclic amines) is 1. The quantitative estimate of drug-likeness (QED) is 0.607. The van der Waals surface area contributed by atoms with Gasteiger partial charge in [-0.25, -0.2) is 0 Å². The lowest BCUT2D eigenvalue weighted by Gasteiger charge is -2.25. The standard InChI is InChI=1S/C13H15N/c1-2-6-12-11(5-1)7-8-13(12)14-9-3-4-10-14/h1-2,5-8,12H,3-4,9-10H2. The molecule has 0 spiro atoms. The minimum absolute atomic E-state index is 0.554. The minimum atomic E-state index is 0.554. The summed E-state index contributed by atoms with van der Waals surface area (Å²) in [5.41, 5.74) is 2.97. The van der Waals surface area contributed by atoms with Crippen molar-refractivity contribution in [1.29, 1.82) is 0 Å². The van der Waals surface area contributed by atoms with Crippen LogP contribution in [0.15, 0.2) is 47.7 Å². The second kappa shape index (κ2) is 3.16. The van der Waals surface area contributed by atoms with Crippen LogP contribution >= 0.6 is 0 Å². The van der Waals surface area contributed by atoms with Gasteiger partial charge in [-0.1, -0.05) is 30.4 Å². The molecule has 0 aromatic rings. The molecule has 1 nitrogen and oxygen atoms in total.